The molecule has 0 aliphatic carbocycles. The normalized spacial score (nSPS) is 10.3. The van der Waals surface area contributed by atoms with Gasteiger partial charge in [-0.2, -0.15) is 0 Å². The summed E-state index contributed by atoms with van der Waals surface area (Å²) < 4.78 is 0. The molecule has 1 rings (SSSR count). The quantitative estimate of drug-likeness (QED) is 0.568. The molecule has 0 radical (unpaired) electrons. The van der Waals surface area contributed by atoms with Gasteiger partial charge in [-0.05, 0) is 25.0 Å². The molecule has 0 atom stereocenters. The van der Waals surface area contributed by atoms with Crippen molar-refractivity contribution < 1.29 is 5.11 Å². The molecule has 1 aromatic rings. The smallest absolute Gasteiger partial charge is 0.0964 e. The van der Waals surface area contributed by atoms with Crippen LogP contribution in [-0.2, 0) is 0 Å². The van der Waals surface area contributed by atoms with Crippen molar-refractivity contribution in [1.82, 2.24) is 4.98 Å². The van der Waals surface area contributed by atoms with E-state index in [1.165, 1.54) is 0 Å². The minimum Gasteiger partial charge on any atom is -0.397 e. The topological polar surface area (TPSA) is 59.1 Å². The van der Waals surface area contributed by atoms with E-state index >= 15 is 0 Å². The van der Waals surface area contributed by atoms with Crippen LogP contribution in [0.2, 0.25) is 0 Å². The van der Waals surface area contributed by atoms with E-state index < -0.39 is 0 Å². The van der Waals surface area contributed by atoms with Crippen LogP contribution in [0.4, 0.5) is 5.69 Å². The highest BCUT2D eigenvalue weighted by Crippen LogP contribution is 2.19. The summed E-state index contributed by atoms with van der Waals surface area (Å²) in [4.78, 5) is 4.17. The summed E-state index contributed by atoms with van der Waals surface area (Å²) in [6.45, 7) is 2.20. The molecule has 0 aliphatic heterocycles. The van der Waals surface area contributed by atoms with Gasteiger partial charge in [-0.15, -0.1) is 11.8 Å². The van der Waals surface area contributed by atoms with Gasteiger partial charge in [0.2, 0.25) is 0 Å². The maximum atomic E-state index is 8.59. The van der Waals surface area contributed by atoms with Gasteiger partial charge in [0.05, 0.1) is 16.9 Å². The summed E-state index contributed by atoms with van der Waals surface area (Å²) in [5.74, 6) is 0.896. The first-order chi connectivity index (χ1) is 6.24. The second kappa shape index (κ2) is 5.09. The third-order valence-electron chi connectivity index (χ3n) is 1.68. The average molecular weight is 198 g/mol. The molecule has 0 bridgehead atoms. The van der Waals surface area contributed by atoms with Crippen LogP contribution in [0.3, 0.4) is 0 Å². The molecule has 0 saturated carbocycles. The molecule has 1 heterocycles. The average Bonchev–Trinajstić information content (AvgIpc) is 2.12. The molecule has 3 N–H and O–H groups in total. The van der Waals surface area contributed by atoms with Crippen LogP contribution < -0.4 is 5.73 Å². The zero-order valence-electron chi connectivity index (χ0n) is 7.66. The molecule has 3 nitrogen and oxygen atoms in total. The molecule has 0 amide bonds. The zero-order valence-corrected chi connectivity index (χ0v) is 8.47. The number of aliphatic hydroxyl groups excluding tert-OH is 1. The van der Waals surface area contributed by atoms with Crippen LogP contribution in [0.15, 0.2) is 17.3 Å². The van der Waals surface area contributed by atoms with Gasteiger partial charge in [0.1, 0.15) is 0 Å². The van der Waals surface area contributed by atoms with Crippen molar-refractivity contribution in [2.24, 2.45) is 0 Å². The molecule has 0 unspecified atom stereocenters. The standard InChI is InChI=1S/C9H14N2OS/c1-7-5-9(11-6-8(7)10)13-4-2-3-12/h5-6,12H,2-4,10H2,1H3. The summed E-state index contributed by atoms with van der Waals surface area (Å²) in [5.41, 5.74) is 7.42. The first-order valence-electron chi connectivity index (χ1n) is 4.20. The van der Waals surface area contributed by atoms with Crippen molar-refractivity contribution in [3.8, 4) is 0 Å². The number of rotatable bonds is 4. The highest BCUT2D eigenvalue weighted by molar-refractivity contribution is 7.99. The Kier molecular flexibility index (Phi) is 4.05. The number of pyridine rings is 1. The summed E-state index contributed by atoms with van der Waals surface area (Å²) in [6.07, 6.45) is 2.48. The second-order valence-corrected chi connectivity index (χ2v) is 3.92. The lowest BCUT2D eigenvalue weighted by molar-refractivity contribution is 0.296. The number of nitrogen functional groups attached to an aromatic ring is 1. The summed E-state index contributed by atoms with van der Waals surface area (Å²) in [6, 6.07) is 1.97. The Morgan fingerprint density at radius 3 is 3.00 bits per heavy atom. The highest BCUT2D eigenvalue weighted by atomic mass is 32.2. The van der Waals surface area contributed by atoms with Gasteiger partial charge in [0.15, 0.2) is 0 Å². The molecule has 0 spiro atoms. The first-order valence-corrected chi connectivity index (χ1v) is 5.18. The van der Waals surface area contributed by atoms with Gasteiger partial charge in [0.25, 0.3) is 0 Å². The Hall–Kier alpha value is -0.740. The van der Waals surface area contributed by atoms with Gasteiger partial charge in [-0.3, -0.25) is 0 Å². The molecule has 1 aromatic heterocycles. The maximum Gasteiger partial charge on any atom is 0.0964 e. The van der Waals surface area contributed by atoms with Gasteiger partial charge < -0.3 is 10.8 Å². The van der Waals surface area contributed by atoms with Gasteiger partial charge in [-0.25, -0.2) is 4.98 Å². The second-order valence-electron chi connectivity index (χ2n) is 2.80. The summed E-state index contributed by atoms with van der Waals surface area (Å²) in [5, 5.41) is 9.56. The number of thioether (sulfide) groups is 1. The van der Waals surface area contributed by atoms with E-state index in [9.17, 15) is 0 Å². The third-order valence-corrected chi connectivity index (χ3v) is 2.69. The Labute approximate surface area is 82.4 Å². The van der Waals surface area contributed by atoms with E-state index in [2.05, 4.69) is 4.98 Å². The minimum atomic E-state index is 0.237. The van der Waals surface area contributed by atoms with Crippen LogP contribution in [0.5, 0.6) is 0 Å². The van der Waals surface area contributed by atoms with Crippen LogP contribution >= 0.6 is 11.8 Å². The van der Waals surface area contributed by atoms with E-state index in [0.29, 0.717) is 0 Å². The largest absolute Gasteiger partial charge is 0.397 e. The van der Waals surface area contributed by atoms with E-state index in [0.717, 1.165) is 28.5 Å². The number of aryl methyl sites for hydroxylation is 1. The third kappa shape index (κ3) is 3.24. The number of nitrogens with zero attached hydrogens (tertiary/aromatic N) is 1. The fourth-order valence-electron chi connectivity index (χ4n) is 0.861. The fraction of sp³-hybridized carbons (Fsp3) is 0.444. The number of hydrogen-bond acceptors (Lipinski definition) is 4. The van der Waals surface area contributed by atoms with E-state index in [4.69, 9.17) is 10.8 Å². The van der Waals surface area contributed by atoms with Crippen molar-refractivity contribution in [3.63, 3.8) is 0 Å². The van der Waals surface area contributed by atoms with E-state index in [1.807, 2.05) is 13.0 Å². The van der Waals surface area contributed by atoms with Gasteiger partial charge in [0, 0.05) is 12.4 Å². The molecule has 0 aromatic carbocycles. The minimum absolute atomic E-state index is 0.237. The molecule has 4 heteroatoms. The number of anilines is 1. The number of hydrogen-bond donors (Lipinski definition) is 2. The molecular weight excluding hydrogens is 184 g/mol. The highest BCUT2D eigenvalue weighted by Gasteiger charge is 1.98. The van der Waals surface area contributed by atoms with Crippen molar-refractivity contribution in [2.75, 3.05) is 18.1 Å². The Morgan fingerprint density at radius 2 is 2.38 bits per heavy atom. The molecular formula is C9H14N2OS. The van der Waals surface area contributed by atoms with Crippen LogP contribution in [0, 0.1) is 6.92 Å². The fourth-order valence-corrected chi connectivity index (χ4v) is 1.73. The first kappa shape index (κ1) is 10.3. The summed E-state index contributed by atoms with van der Waals surface area (Å²) >= 11 is 1.64. The van der Waals surface area contributed by atoms with Crippen molar-refractivity contribution in [2.45, 2.75) is 18.4 Å². The molecule has 0 aliphatic rings. The molecule has 72 valence electrons. The summed E-state index contributed by atoms with van der Waals surface area (Å²) in [7, 11) is 0. The predicted molar refractivity (Wildman–Crippen MR) is 55.8 cm³/mol. The molecule has 13 heavy (non-hydrogen) atoms. The maximum absolute atomic E-state index is 8.59. The van der Waals surface area contributed by atoms with Crippen LogP contribution in [0.25, 0.3) is 0 Å². The number of aliphatic hydroxyl groups is 1. The van der Waals surface area contributed by atoms with Crippen LogP contribution in [-0.4, -0.2) is 22.5 Å². The molecule has 0 fully saturated rings. The van der Waals surface area contributed by atoms with E-state index in [-0.39, 0.29) is 6.61 Å². The Bertz CT molecular complexity index is 278. The monoisotopic (exact) mass is 198 g/mol. The Morgan fingerprint density at radius 1 is 1.62 bits per heavy atom. The number of aromatic nitrogens is 1. The molecule has 0 saturated heterocycles. The SMILES string of the molecule is Cc1cc(SCCCO)ncc1N. The predicted octanol–water partition coefficient (Wildman–Crippen LogP) is 1.45. The van der Waals surface area contributed by atoms with Crippen molar-refractivity contribution in [3.05, 3.63) is 17.8 Å². The lowest BCUT2D eigenvalue weighted by atomic mass is 10.3. The Balaban J connectivity index is 2.53. The number of nitrogens with two attached hydrogens (primary N) is 1. The lowest BCUT2D eigenvalue weighted by Crippen LogP contribution is -1.93. The van der Waals surface area contributed by atoms with Crippen LogP contribution in [0.1, 0.15) is 12.0 Å². The van der Waals surface area contributed by atoms with Gasteiger partial charge in [-0.1, -0.05) is 0 Å². The van der Waals surface area contributed by atoms with E-state index in [1.54, 1.807) is 18.0 Å². The van der Waals surface area contributed by atoms with Gasteiger partial charge >= 0.3 is 0 Å². The van der Waals surface area contributed by atoms with Crippen molar-refractivity contribution >= 4 is 17.4 Å². The van der Waals surface area contributed by atoms with Crippen molar-refractivity contribution in [1.29, 1.82) is 0 Å². The lowest BCUT2D eigenvalue weighted by Gasteiger charge is -2.02. The zero-order chi connectivity index (χ0) is 9.68.